The SMILES string of the molecule is O=C(O)/C=C/C=C/C[C@H]1CC[C@H](c2ccc(F)cc2)CC1. The Balaban J connectivity index is 1.75. The van der Waals surface area contributed by atoms with Gasteiger partial charge in [-0.1, -0.05) is 30.4 Å². The van der Waals surface area contributed by atoms with Crippen LogP contribution in [-0.2, 0) is 4.79 Å². The average molecular weight is 288 g/mol. The molecule has 112 valence electrons. The third kappa shape index (κ3) is 5.18. The van der Waals surface area contributed by atoms with Crippen LogP contribution in [-0.4, -0.2) is 11.1 Å². The van der Waals surface area contributed by atoms with Crippen LogP contribution in [0.5, 0.6) is 0 Å². The molecule has 1 aliphatic carbocycles. The van der Waals surface area contributed by atoms with Crippen molar-refractivity contribution in [1.29, 1.82) is 0 Å². The first-order valence-corrected chi connectivity index (χ1v) is 7.46. The number of carboxylic acid groups (broad SMARTS) is 1. The number of hydrogen-bond acceptors (Lipinski definition) is 1. The Hall–Kier alpha value is -1.90. The van der Waals surface area contributed by atoms with E-state index in [9.17, 15) is 9.18 Å². The summed E-state index contributed by atoms with van der Waals surface area (Å²) in [6.45, 7) is 0. The molecule has 0 atom stereocenters. The Morgan fingerprint density at radius 1 is 1.14 bits per heavy atom. The van der Waals surface area contributed by atoms with Gasteiger partial charge < -0.3 is 5.11 Å². The summed E-state index contributed by atoms with van der Waals surface area (Å²) in [6.07, 6.45) is 12.2. The van der Waals surface area contributed by atoms with E-state index in [2.05, 4.69) is 0 Å². The molecule has 2 nitrogen and oxygen atoms in total. The zero-order chi connectivity index (χ0) is 15.1. The number of hydrogen-bond donors (Lipinski definition) is 1. The summed E-state index contributed by atoms with van der Waals surface area (Å²) in [5, 5.41) is 8.47. The summed E-state index contributed by atoms with van der Waals surface area (Å²) < 4.78 is 12.9. The van der Waals surface area contributed by atoms with Gasteiger partial charge in [-0.2, -0.15) is 0 Å². The van der Waals surface area contributed by atoms with Crippen molar-refractivity contribution in [1.82, 2.24) is 0 Å². The molecule has 1 aliphatic rings. The summed E-state index contributed by atoms with van der Waals surface area (Å²) in [6, 6.07) is 6.88. The number of aliphatic carboxylic acids is 1. The fourth-order valence-electron chi connectivity index (χ4n) is 2.95. The van der Waals surface area contributed by atoms with Crippen LogP contribution in [0.15, 0.2) is 48.6 Å². The molecule has 0 aromatic heterocycles. The lowest BCUT2D eigenvalue weighted by atomic mass is 9.77. The number of carboxylic acids is 1. The van der Waals surface area contributed by atoms with E-state index in [1.807, 2.05) is 18.2 Å². The number of allylic oxidation sites excluding steroid dienone is 3. The van der Waals surface area contributed by atoms with Crippen LogP contribution < -0.4 is 0 Å². The van der Waals surface area contributed by atoms with E-state index >= 15 is 0 Å². The summed E-state index contributed by atoms with van der Waals surface area (Å²) >= 11 is 0. The molecular formula is C18H21FO2. The second-order valence-electron chi connectivity index (χ2n) is 5.63. The predicted octanol–water partition coefficient (Wildman–Crippen LogP) is 4.69. The summed E-state index contributed by atoms with van der Waals surface area (Å²) in [4.78, 5) is 10.3. The van der Waals surface area contributed by atoms with Gasteiger partial charge in [0.15, 0.2) is 0 Å². The van der Waals surface area contributed by atoms with Gasteiger partial charge in [0.1, 0.15) is 5.82 Å². The smallest absolute Gasteiger partial charge is 0.328 e. The van der Waals surface area contributed by atoms with Crippen molar-refractivity contribution in [2.24, 2.45) is 5.92 Å². The van der Waals surface area contributed by atoms with E-state index in [0.29, 0.717) is 11.8 Å². The van der Waals surface area contributed by atoms with Crippen molar-refractivity contribution in [3.63, 3.8) is 0 Å². The highest BCUT2D eigenvalue weighted by Crippen LogP contribution is 2.37. The Kier molecular flexibility index (Phi) is 5.73. The summed E-state index contributed by atoms with van der Waals surface area (Å²) in [7, 11) is 0. The second kappa shape index (κ2) is 7.77. The molecule has 0 aliphatic heterocycles. The van der Waals surface area contributed by atoms with E-state index in [0.717, 1.165) is 25.3 Å². The monoisotopic (exact) mass is 288 g/mol. The fraction of sp³-hybridized carbons (Fsp3) is 0.389. The van der Waals surface area contributed by atoms with Crippen molar-refractivity contribution in [3.05, 3.63) is 60.0 Å². The Morgan fingerprint density at radius 2 is 1.81 bits per heavy atom. The molecule has 0 spiro atoms. The van der Waals surface area contributed by atoms with Crippen molar-refractivity contribution < 1.29 is 14.3 Å². The summed E-state index contributed by atoms with van der Waals surface area (Å²) in [5.41, 5.74) is 1.25. The third-order valence-electron chi connectivity index (χ3n) is 4.14. The maximum absolute atomic E-state index is 12.9. The van der Waals surface area contributed by atoms with Crippen LogP contribution in [0.2, 0.25) is 0 Å². The summed E-state index contributed by atoms with van der Waals surface area (Å²) in [5.74, 6) is 0.139. The minimum atomic E-state index is -0.917. The Bertz CT molecular complexity index is 509. The van der Waals surface area contributed by atoms with Crippen molar-refractivity contribution in [3.8, 4) is 0 Å². The normalized spacial score (nSPS) is 22.9. The first kappa shape index (κ1) is 15.5. The van der Waals surface area contributed by atoms with Gasteiger partial charge in [0.2, 0.25) is 0 Å². The van der Waals surface area contributed by atoms with Gasteiger partial charge in [-0.05, 0) is 61.6 Å². The van der Waals surface area contributed by atoms with Crippen LogP contribution in [0.25, 0.3) is 0 Å². The van der Waals surface area contributed by atoms with Gasteiger partial charge in [0, 0.05) is 6.08 Å². The highest BCUT2D eigenvalue weighted by atomic mass is 19.1. The van der Waals surface area contributed by atoms with Gasteiger partial charge in [0.05, 0.1) is 0 Å². The molecule has 0 bridgehead atoms. The van der Waals surface area contributed by atoms with E-state index in [-0.39, 0.29) is 5.82 Å². The molecule has 1 N–H and O–H groups in total. The minimum absolute atomic E-state index is 0.174. The van der Waals surface area contributed by atoms with Crippen LogP contribution in [0, 0.1) is 11.7 Å². The first-order chi connectivity index (χ1) is 10.1. The molecule has 1 aromatic carbocycles. The zero-order valence-corrected chi connectivity index (χ0v) is 12.0. The molecule has 0 heterocycles. The fourth-order valence-corrected chi connectivity index (χ4v) is 2.95. The molecule has 2 rings (SSSR count). The van der Waals surface area contributed by atoms with Gasteiger partial charge >= 0.3 is 5.97 Å². The molecule has 1 fully saturated rings. The average Bonchev–Trinajstić information content (AvgIpc) is 2.48. The van der Waals surface area contributed by atoms with Gasteiger partial charge in [-0.15, -0.1) is 0 Å². The van der Waals surface area contributed by atoms with E-state index in [1.165, 1.54) is 18.4 Å². The lowest BCUT2D eigenvalue weighted by Gasteiger charge is -2.28. The van der Waals surface area contributed by atoms with Crippen molar-refractivity contribution in [2.45, 2.75) is 38.0 Å². The third-order valence-corrected chi connectivity index (χ3v) is 4.14. The molecule has 1 aromatic rings. The lowest BCUT2D eigenvalue weighted by Crippen LogP contribution is -2.12. The van der Waals surface area contributed by atoms with Gasteiger partial charge in [-0.3, -0.25) is 0 Å². The molecule has 21 heavy (non-hydrogen) atoms. The largest absolute Gasteiger partial charge is 0.478 e. The predicted molar refractivity (Wildman–Crippen MR) is 81.6 cm³/mol. The van der Waals surface area contributed by atoms with Crippen LogP contribution >= 0.6 is 0 Å². The zero-order valence-electron chi connectivity index (χ0n) is 12.0. The van der Waals surface area contributed by atoms with Gasteiger partial charge in [-0.25, -0.2) is 9.18 Å². The van der Waals surface area contributed by atoms with Crippen LogP contribution in [0.1, 0.15) is 43.6 Å². The quantitative estimate of drug-likeness (QED) is 0.630. The molecule has 3 heteroatoms. The molecule has 0 unspecified atom stereocenters. The maximum atomic E-state index is 12.9. The van der Waals surface area contributed by atoms with Crippen LogP contribution in [0.4, 0.5) is 4.39 Å². The number of rotatable bonds is 5. The minimum Gasteiger partial charge on any atom is -0.478 e. The standard InChI is InChI=1S/C18H21FO2/c19-17-12-10-16(11-13-17)15-8-6-14(7-9-15)4-2-1-3-5-18(20)21/h1-3,5,10-15H,4,6-9H2,(H,20,21)/b2-1+,5-3+/t14-,15-. The number of carbonyl (C=O) groups is 1. The topological polar surface area (TPSA) is 37.3 Å². The molecule has 0 radical (unpaired) electrons. The molecular weight excluding hydrogens is 267 g/mol. The Morgan fingerprint density at radius 3 is 2.43 bits per heavy atom. The number of benzene rings is 1. The first-order valence-electron chi connectivity index (χ1n) is 7.46. The molecule has 1 saturated carbocycles. The Labute approximate surface area is 125 Å². The highest BCUT2D eigenvalue weighted by Gasteiger charge is 2.21. The van der Waals surface area contributed by atoms with Crippen LogP contribution in [0.3, 0.4) is 0 Å². The van der Waals surface area contributed by atoms with E-state index < -0.39 is 5.97 Å². The maximum Gasteiger partial charge on any atom is 0.328 e. The second-order valence-corrected chi connectivity index (χ2v) is 5.63. The lowest BCUT2D eigenvalue weighted by molar-refractivity contribution is -0.131. The van der Waals surface area contributed by atoms with E-state index in [1.54, 1.807) is 24.3 Å². The highest BCUT2D eigenvalue weighted by molar-refractivity contribution is 5.80. The van der Waals surface area contributed by atoms with Gasteiger partial charge in [0.25, 0.3) is 0 Å². The van der Waals surface area contributed by atoms with Crippen molar-refractivity contribution >= 4 is 5.97 Å². The molecule has 0 amide bonds. The van der Waals surface area contributed by atoms with Crippen molar-refractivity contribution in [2.75, 3.05) is 0 Å². The number of halogens is 1. The molecule has 0 saturated heterocycles. The van der Waals surface area contributed by atoms with E-state index in [4.69, 9.17) is 5.11 Å².